The number of ketones is 1. The Morgan fingerprint density at radius 1 is 1.43 bits per heavy atom. The van der Waals surface area contributed by atoms with Crippen molar-refractivity contribution in [3.63, 3.8) is 0 Å². The first-order valence-corrected chi connectivity index (χ1v) is 5.89. The summed E-state index contributed by atoms with van der Waals surface area (Å²) in [5, 5.41) is 19.1. The molecule has 0 aliphatic heterocycles. The lowest BCUT2D eigenvalue weighted by atomic mass is 10.3. The van der Waals surface area contributed by atoms with Crippen LogP contribution in [0.3, 0.4) is 0 Å². The van der Waals surface area contributed by atoms with Crippen molar-refractivity contribution in [3.05, 3.63) is 28.6 Å². The number of carboxylic acid groups (broad SMARTS) is 1. The van der Waals surface area contributed by atoms with E-state index in [1.165, 1.54) is 16.8 Å². The van der Waals surface area contributed by atoms with Gasteiger partial charge < -0.3 is 20.3 Å². The van der Waals surface area contributed by atoms with Crippen molar-refractivity contribution in [1.29, 1.82) is 0 Å². The van der Waals surface area contributed by atoms with Crippen molar-refractivity contribution in [3.8, 4) is 0 Å². The van der Waals surface area contributed by atoms with Gasteiger partial charge in [0.1, 0.15) is 6.54 Å². The molecule has 0 bridgehead atoms. The van der Waals surface area contributed by atoms with Gasteiger partial charge in [-0.3, -0.25) is 19.7 Å². The molecule has 0 saturated heterocycles. The molecular weight excluding hydrogens is 284 g/mol. The smallest absolute Gasteiger partial charge is 0.374 e. The Morgan fingerprint density at radius 2 is 2.10 bits per heavy atom. The Balaban J connectivity index is 2.73. The molecule has 0 unspecified atom stereocenters. The maximum atomic E-state index is 12.0. The van der Waals surface area contributed by atoms with Gasteiger partial charge in [-0.05, 0) is 0 Å². The standard InChI is InChI=1S/C11H14N4O6/c12-2-4-14(6-9(16)11(18)19)10(17)7-13-3-1-8(5-13)15(20)21/h1,3,5H,2,4,6-7,12H2,(H,18,19). The topological polar surface area (TPSA) is 149 Å². The number of carbonyl (C=O) groups is 3. The highest BCUT2D eigenvalue weighted by Crippen LogP contribution is 2.10. The zero-order valence-corrected chi connectivity index (χ0v) is 11.0. The number of amides is 1. The summed E-state index contributed by atoms with van der Waals surface area (Å²) < 4.78 is 1.27. The summed E-state index contributed by atoms with van der Waals surface area (Å²) in [5.74, 6) is -3.32. The van der Waals surface area contributed by atoms with Crippen LogP contribution < -0.4 is 5.73 Å². The zero-order chi connectivity index (χ0) is 16.0. The fourth-order valence-electron chi connectivity index (χ4n) is 1.58. The van der Waals surface area contributed by atoms with Gasteiger partial charge in [0, 0.05) is 25.4 Å². The Morgan fingerprint density at radius 3 is 2.57 bits per heavy atom. The minimum Gasteiger partial charge on any atom is -0.475 e. The molecule has 114 valence electrons. The molecule has 0 radical (unpaired) electrons. The van der Waals surface area contributed by atoms with E-state index >= 15 is 0 Å². The van der Waals surface area contributed by atoms with Crippen LogP contribution in [0, 0.1) is 10.1 Å². The maximum absolute atomic E-state index is 12.0. The third-order valence-electron chi connectivity index (χ3n) is 2.59. The van der Waals surface area contributed by atoms with E-state index in [-0.39, 0.29) is 25.3 Å². The van der Waals surface area contributed by atoms with Gasteiger partial charge in [-0.2, -0.15) is 0 Å². The molecule has 0 aromatic carbocycles. The van der Waals surface area contributed by atoms with E-state index in [0.29, 0.717) is 0 Å². The quantitative estimate of drug-likeness (QED) is 0.349. The van der Waals surface area contributed by atoms with Crippen LogP contribution in [0.4, 0.5) is 5.69 Å². The second kappa shape index (κ2) is 7.14. The minimum atomic E-state index is -1.64. The molecule has 1 aromatic heterocycles. The van der Waals surface area contributed by atoms with Crippen molar-refractivity contribution >= 4 is 23.3 Å². The molecular formula is C11H14N4O6. The van der Waals surface area contributed by atoms with Crippen molar-refractivity contribution in [1.82, 2.24) is 9.47 Å². The number of aliphatic carboxylic acids is 1. The fraction of sp³-hybridized carbons (Fsp3) is 0.364. The number of aromatic nitrogens is 1. The number of hydrogen-bond acceptors (Lipinski definition) is 6. The van der Waals surface area contributed by atoms with E-state index in [1.54, 1.807) is 0 Å². The molecule has 0 aliphatic rings. The van der Waals surface area contributed by atoms with E-state index < -0.39 is 29.1 Å². The van der Waals surface area contributed by atoms with Gasteiger partial charge in [0.25, 0.3) is 11.5 Å². The van der Waals surface area contributed by atoms with Crippen molar-refractivity contribution in [2.24, 2.45) is 5.73 Å². The summed E-state index contributed by atoms with van der Waals surface area (Å²) in [6, 6.07) is 1.23. The first kappa shape index (κ1) is 16.3. The van der Waals surface area contributed by atoms with Crippen LogP contribution in [0.25, 0.3) is 0 Å². The predicted octanol–water partition coefficient (Wildman–Crippen LogP) is -1.16. The number of nitrogens with zero attached hydrogens (tertiary/aromatic N) is 3. The Kier molecular flexibility index (Phi) is 5.55. The van der Waals surface area contributed by atoms with Crippen LogP contribution in [0.2, 0.25) is 0 Å². The van der Waals surface area contributed by atoms with Crippen molar-refractivity contribution < 1.29 is 24.4 Å². The predicted molar refractivity (Wildman–Crippen MR) is 69.4 cm³/mol. The Bertz CT molecular complexity index is 567. The number of nitrogens with two attached hydrogens (primary N) is 1. The lowest BCUT2D eigenvalue weighted by molar-refractivity contribution is -0.384. The summed E-state index contributed by atoms with van der Waals surface area (Å²) >= 11 is 0. The molecule has 1 aromatic rings. The monoisotopic (exact) mass is 298 g/mol. The molecule has 1 amide bonds. The number of Topliss-reactive ketones (excluding diaryl/α,β-unsaturated/α-hetero) is 1. The van der Waals surface area contributed by atoms with E-state index in [4.69, 9.17) is 10.8 Å². The van der Waals surface area contributed by atoms with Gasteiger partial charge in [-0.25, -0.2) is 4.79 Å². The maximum Gasteiger partial charge on any atom is 0.374 e. The van der Waals surface area contributed by atoms with E-state index in [1.807, 2.05) is 0 Å². The summed E-state index contributed by atoms with van der Waals surface area (Å²) in [5.41, 5.74) is 5.14. The highest BCUT2D eigenvalue weighted by molar-refractivity contribution is 6.33. The second-order valence-electron chi connectivity index (χ2n) is 4.13. The first-order valence-electron chi connectivity index (χ1n) is 5.89. The molecule has 3 N–H and O–H groups in total. The second-order valence-corrected chi connectivity index (χ2v) is 4.13. The molecule has 0 fully saturated rings. The number of carbonyl (C=O) groups excluding carboxylic acids is 2. The number of nitro groups is 1. The van der Waals surface area contributed by atoms with Crippen LogP contribution in [-0.2, 0) is 20.9 Å². The Hall–Kier alpha value is -2.75. The van der Waals surface area contributed by atoms with Crippen LogP contribution in [0.1, 0.15) is 0 Å². The molecule has 0 aliphatic carbocycles. The number of carboxylic acids is 1. The molecule has 0 atom stereocenters. The highest BCUT2D eigenvalue weighted by Gasteiger charge is 2.21. The van der Waals surface area contributed by atoms with Gasteiger partial charge in [0.2, 0.25) is 5.91 Å². The molecule has 1 rings (SSSR count). The van der Waals surface area contributed by atoms with Gasteiger partial charge in [-0.15, -0.1) is 0 Å². The van der Waals surface area contributed by atoms with Crippen LogP contribution >= 0.6 is 0 Å². The number of rotatable bonds is 8. The van der Waals surface area contributed by atoms with E-state index in [0.717, 1.165) is 11.1 Å². The molecule has 10 nitrogen and oxygen atoms in total. The lowest BCUT2D eigenvalue weighted by Crippen LogP contribution is -2.42. The van der Waals surface area contributed by atoms with Gasteiger partial charge in [0.05, 0.1) is 17.7 Å². The summed E-state index contributed by atoms with van der Waals surface area (Å²) in [6.07, 6.45) is 2.51. The molecule has 1 heterocycles. The van der Waals surface area contributed by atoms with Crippen molar-refractivity contribution in [2.45, 2.75) is 6.54 Å². The van der Waals surface area contributed by atoms with Crippen LogP contribution in [-0.4, -0.2) is 56.8 Å². The average Bonchev–Trinajstić information content (AvgIpc) is 2.86. The molecule has 10 heteroatoms. The van der Waals surface area contributed by atoms with Gasteiger partial charge in [-0.1, -0.05) is 0 Å². The van der Waals surface area contributed by atoms with Gasteiger partial charge in [0.15, 0.2) is 0 Å². The van der Waals surface area contributed by atoms with E-state index in [9.17, 15) is 24.5 Å². The minimum absolute atomic E-state index is 0.0151. The number of hydrogen-bond donors (Lipinski definition) is 2. The molecule has 0 saturated carbocycles. The summed E-state index contributed by atoms with van der Waals surface area (Å²) in [7, 11) is 0. The largest absolute Gasteiger partial charge is 0.475 e. The zero-order valence-electron chi connectivity index (χ0n) is 11.0. The summed E-state index contributed by atoms with van der Waals surface area (Å²) in [6.45, 7) is -0.763. The molecule has 0 spiro atoms. The SMILES string of the molecule is NCCN(CC(=O)C(=O)O)C(=O)Cn1ccc([N+](=O)[O-])c1. The summed E-state index contributed by atoms with van der Waals surface area (Å²) in [4.78, 5) is 44.5. The van der Waals surface area contributed by atoms with Crippen molar-refractivity contribution in [2.75, 3.05) is 19.6 Å². The average molecular weight is 298 g/mol. The lowest BCUT2D eigenvalue weighted by Gasteiger charge is -2.20. The molecule has 21 heavy (non-hydrogen) atoms. The van der Waals surface area contributed by atoms with Crippen LogP contribution in [0.15, 0.2) is 18.5 Å². The normalized spacial score (nSPS) is 10.1. The fourth-order valence-corrected chi connectivity index (χ4v) is 1.58. The van der Waals surface area contributed by atoms with Crippen LogP contribution in [0.5, 0.6) is 0 Å². The third kappa shape index (κ3) is 4.69. The van der Waals surface area contributed by atoms with Gasteiger partial charge >= 0.3 is 5.97 Å². The Labute approximate surface area is 118 Å². The van der Waals surface area contributed by atoms with E-state index in [2.05, 4.69) is 0 Å². The first-order chi connectivity index (χ1) is 9.85. The third-order valence-corrected chi connectivity index (χ3v) is 2.59. The highest BCUT2D eigenvalue weighted by atomic mass is 16.6.